The zero-order valence-electron chi connectivity index (χ0n) is 36.7. The van der Waals surface area contributed by atoms with Gasteiger partial charge in [-0.05, 0) is 0 Å². The first-order valence-corrected chi connectivity index (χ1v) is 38.2. The molecule has 4 heteroatoms. The van der Waals surface area contributed by atoms with Crippen molar-refractivity contribution in [3.8, 4) is 22.3 Å². The van der Waals surface area contributed by atoms with E-state index in [1.807, 2.05) is 0 Å². The summed E-state index contributed by atoms with van der Waals surface area (Å²) in [6.07, 6.45) is 13.9. The van der Waals surface area contributed by atoms with Gasteiger partial charge >= 0.3 is 353 Å². The molecule has 0 spiro atoms. The Kier molecular flexibility index (Phi) is 12.9. The molecule has 0 nitrogen and oxygen atoms in total. The minimum atomic E-state index is -5.03. The first-order chi connectivity index (χ1) is 26.4. The summed E-state index contributed by atoms with van der Waals surface area (Å²) in [6, 6.07) is 28.1. The van der Waals surface area contributed by atoms with Crippen molar-refractivity contribution in [3.63, 3.8) is 0 Å². The van der Waals surface area contributed by atoms with Crippen LogP contribution in [0.2, 0.25) is 13.1 Å². The van der Waals surface area contributed by atoms with Crippen LogP contribution in [0.15, 0.2) is 83.9 Å². The SMILES string of the molecule is CCCCC1=Cc2c(ccc(C(C)(C)C)c2-c2ccccc2CC)[CH]1[Zr]([Cl])([Cl])([CH]1C(CCCC)=Cc2c1ccc(C(C)(C)C)c2-c1ccccc1CC)[SiH](C)C. The number of benzene rings is 4. The fraction of sp³-hybridized carbons (Fsp3) is 0.462. The second-order valence-corrected chi connectivity index (χ2v) is 61.9. The van der Waals surface area contributed by atoms with Crippen LogP contribution in [0.5, 0.6) is 0 Å². The second kappa shape index (κ2) is 16.6. The van der Waals surface area contributed by atoms with Gasteiger partial charge in [-0.3, -0.25) is 0 Å². The molecule has 4 aromatic rings. The monoisotopic (exact) mass is 881 g/mol. The number of hydrogen-bond donors (Lipinski definition) is 0. The number of allylic oxidation sites excluding steroid dienone is 2. The van der Waals surface area contributed by atoms with Gasteiger partial charge < -0.3 is 0 Å². The Labute approximate surface area is 350 Å². The maximum atomic E-state index is 9.07. The van der Waals surface area contributed by atoms with Crippen molar-refractivity contribution < 1.29 is 15.6 Å². The molecule has 0 N–H and O–H groups in total. The van der Waals surface area contributed by atoms with E-state index in [1.165, 1.54) is 77.9 Å². The Morgan fingerprint density at radius 2 is 0.929 bits per heavy atom. The van der Waals surface area contributed by atoms with Gasteiger partial charge in [0.15, 0.2) is 0 Å². The third-order valence-corrected chi connectivity index (χ3v) is 65.2. The van der Waals surface area contributed by atoms with Gasteiger partial charge in [0, 0.05) is 0 Å². The molecule has 2 unspecified atom stereocenters. The third kappa shape index (κ3) is 7.55. The van der Waals surface area contributed by atoms with E-state index in [-0.39, 0.29) is 18.1 Å². The Morgan fingerprint density at radius 1 is 0.554 bits per heavy atom. The van der Waals surface area contributed by atoms with Gasteiger partial charge in [0.25, 0.3) is 0 Å². The van der Waals surface area contributed by atoms with E-state index in [9.17, 15) is 0 Å². The van der Waals surface area contributed by atoms with E-state index in [0.29, 0.717) is 0 Å². The summed E-state index contributed by atoms with van der Waals surface area (Å²) in [5, 5.41) is 0. The van der Waals surface area contributed by atoms with Crippen molar-refractivity contribution in [2.24, 2.45) is 0 Å². The quantitative estimate of drug-likeness (QED) is 0.117. The van der Waals surface area contributed by atoms with Gasteiger partial charge in [-0.2, -0.15) is 0 Å². The number of unbranched alkanes of at least 4 members (excludes halogenated alkanes) is 2. The van der Waals surface area contributed by atoms with E-state index in [1.54, 1.807) is 0 Å². The number of aryl methyl sites for hydroxylation is 2. The molecule has 2 aliphatic carbocycles. The van der Waals surface area contributed by atoms with Crippen molar-refractivity contribution in [2.45, 2.75) is 152 Å². The van der Waals surface area contributed by atoms with Crippen LogP contribution in [0, 0.1) is 0 Å². The maximum absolute atomic E-state index is 9.07. The van der Waals surface area contributed by atoms with Crippen molar-refractivity contribution in [1.82, 2.24) is 0 Å². The number of fused-ring (bicyclic) bond motifs is 2. The molecule has 4 aromatic carbocycles. The molecule has 0 amide bonds. The summed E-state index contributed by atoms with van der Waals surface area (Å²) in [5.41, 5.74) is 19.7. The van der Waals surface area contributed by atoms with Gasteiger partial charge in [-0.25, -0.2) is 0 Å². The number of hydrogen-bond acceptors (Lipinski definition) is 0. The number of halogens is 2. The molecule has 6 rings (SSSR count). The molecule has 0 aromatic heterocycles. The zero-order valence-corrected chi connectivity index (χ0v) is 41.9. The molecule has 299 valence electrons. The summed E-state index contributed by atoms with van der Waals surface area (Å²) in [7, 11) is 18.1. The normalized spacial score (nSPS) is 17.7. The third-order valence-electron chi connectivity index (χ3n) is 13.4. The molecule has 0 heterocycles. The van der Waals surface area contributed by atoms with Gasteiger partial charge in [0.2, 0.25) is 0 Å². The Hall–Kier alpha value is -1.96. The topological polar surface area (TPSA) is 0 Å². The Balaban J connectivity index is 1.71. The minimum absolute atomic E-state index is 0.0239. The molecule has 0 bridgehead atoms. The predicted octanol–water partition coefficient (Wildman–Crippen LogP) is 16.7. The summed E-state index contributed by atoms with van der Waals surface area (Å²) >= 11 is -5.03. The van der Waals surface area contributed by atoms with Crippen molar-refractivity contribution in [2.75, 3.05) is 0 Å². The number of rotatable bonds is 13. The first-order valence-electron chi connectivity index (χ1n) is 21.9. The van der Waals surface area contributed by atoms with E-state index in [4.69, 9.17) is 17.0 Å². The van der Waals surface area contributed by atoms with Crippen LogP contribution in [0.3, 0.4) is 0 Å². The molecule has 0 fully saturated rings. The standard InChI is InChI=1S/2C25H31.C2H7Si.2ClH.Zr/c2*1-6-8-11-18-16-20-14-15-23(25(3,4)5)24(22(20)17-18)21-13-10-9-12-19(21)7-2;1-3-2;;;/h2*9-10,12-17H,6-8,11H2,1-5H3;3H,1-2H3;2*1H;/q;;;;;+2/p-2. The molecular weight excluding hydrogens is 815 g/mol. The summed E-state index contributed by atoms with van der Waals surface area (Å²) in [4.78, 5) is 0. The molecule has 56 heavy (non-hydrogen) atoms. The van der Waals surface area contributed by atoms with Crippen molar-refractivity contribution >= 4 is 35.1 Å². The Morgan fingerprint density at radius 3 is 1.25 bits per heavy atom. The van der Waals surface area contributed by atoms with Gasteiger partial charge in [-0.1, -0.05) is 0 Å². The van der Waals surface area contributed by atoms with Crippen LogP contribution in [0.25, 0.3) is 34.4 Å². The summed E-state index contributed by atoms with van der Waals surface area (Å²) in [5.74, 6) is -1.73. The Bertz CT molecular complexity index is 2010. The van der Waals surface area contributed by atoms with Crippen LogP contribution < -0.4 is 0 Å². The van der Waals surface area contributed by atoms with Crippen molar-refractivity contribution in [3.05, 3.63) is 128 Å². The van der Waals surface area contributed by atoms with Crippen LogP contribution in [-0.4, -0.2) is 5.92 Å². The first kappa shape index (κ1) is 43.6. The van der Waals surface area contributed by atoms with E-state index in [2.05, 4.69) is 167 Å². The van der Waals surface area contributed by atoms with E-state index < -0.39 is 21.5 Å². The molecular formula is C52H69Cl2SiZr. The van der Waals surface area contributed by atoms with E-state index >= 15 is 0 Å². The van der Waals surface area contributed by atoms with E-state index in [0.717, 1.165) is 51.4 Å². The molecule has 0 radical (unpaired) electrons. The summed E-state index contributed by atoms with van der Waals surface area (Å²) < 4.78 is 0.174. The van der Waals surface area contributed by atoms with Crippen molar-refractivity contribution in [1.29, 1.82) is 0 Å². The summed E-state index contributed by atoms with van der Waals surface area (Å²) in [6.45, 7) is 28.5. The van der Waals surface area contributed by atoms with Crippen LogP contribution in [-0.2, 0) is 39.2 Å². The molecule has 0 aliphatic heterocycles. The van der Waals surface area contributed by atoms with Gasteiger partial charge in [0.05, 0.1) is 0 Å². The average Bonchev–Trinajstić information content (AvgIpc) is 3.74. The van der Waals surface area contributed by atoms with Gasteiger partial charge in [0.1, 0.15) is 0 Å². The fourth-order valence-electron chi connectivity index (χ4n) is 10.3. The van der Waals surface area contributed by atoms with Crippen LogP contribution in [0.4, 0.5) is 0 Å². The zero-order chi connectivity index (χ0) is 40.8. The molecule has 2 aliphatic rings. The second-order valence-electron chi connectivity index (χ2n) is 19.4. The average molecular weight is 884 g/mol. The fourth-order valence-corrected chi connectivity index (χ4v) is 41.8. The molecule has 2 atom stereocenters. The predicted molar refractivity (Wildman–Crippen MR) is 251 cm³/mol. The van der Waals surface area contributed by atoms with Crippen LogP contribution >= 0.6 is 17.0 Å². The molecule has 0 saturated carbocycles. The van der Waals surface area contributed by atoms with Gasteiger partial charge in [-0.15, -0.1) is 0 Å². The molecule has 0 saturated heterocycles. The van der Waals surface area contributed by atoms with Crippen LogP contribution in [0.1, 0.15) is 160 Å².